The smallest absolute Gasteiger partial charge is 0.312 e. The van der Waals surface area contributed by atoms with Crippen LogP contribution in [0, 0.1) is 13.8 Å². The molecule has 10 heteroatoms. The van der Waals surface area contributed by atoms with Crippen LogP contribution in [0.15, 0.2) is 44.7 Å². The number of benzene rings is 2. The Bertz CT molecular complexity index is 1250. The highest BCUT2D eigenvalue weighted by molar-refractivity contribution is 5.93. The van der Waals surface area contributed by atoms with Crippen molar-refractivity contribution in [3.05, 3.63) is 67.7 Å². The van der Waals surface area contributed by atoms with E-state index in [1.54, 1.807) is 24.3 Å². The van der Waals surface area contributed by atoms with Crippen molar-refractivity contribution in [1.29, 1.82) is 0 Å². The Labute approximate surface area is 196 Å². The number of fused-ring (bicyclic) bond motifs is 2. The molecule has 0 saturated heterocycles. The van der Waals surface area contributed by atoms with Crippen molar-refractivity contribution in [1.82, 2.24) is 0 Å². The van der Waals surface area contributed by atoms with Crippen LogP contribution in [0.1, 0.15) is 16.7 Å². The van der Waals surface area contributed by atoms with E-state index in [0.29, 0.717) is 53.9 Å². The lowest BCUT2D eigenvalue weighted by atomic mass is 10.0. The summed E-state index contributed by atoms with van der Waals surface area (Å²) in [6.45, 7) is 5.60. The van der Waals surface area contributed by atoms with Gasteiger partial charge in [-0.15, -0.1) is 0 Å². The average Bonchev–Trinajstić information content (AvgIpc) is 2.83. The molecule has 0 atom stereocenters. The molecule has 0 spiro atoms. The van der Waals surface area contributed by atoms with E-state index in [2.05, 4.69) is 10.0 Å². The van der Waals surface area contributed by atoms with Crippen molar-refractivity contribution in [2.24, 2.45) is 5.11 Å². The molecule has 1 aromatic heterocycles. The first-order valence-electron chi connectivity index (χ1n) is 10.9. The molecule has 0 radical (unpaired) electrons. The number of esters is 1. The minimum absolute atomic E-state index is 0.0519. The van der Waals surface area contributed by atoms with Gasteiger partial charge in [0.15, 0.2) is 6.79 Å². The highest BCUT2D eigenvalue weighted by Gasteiger charge is 2.15. The molecule has 34 heavy (non-hydrogen) atoms. The van der Waals surface area contributed by atoms with E-state index < -0.39 is 5.97 Å². The second-order valence-electron chi connectivity index (χ2n) is 7.51. The van der Waals surface area contributed by atoms with Crippen LogP contribution in [0.3, 0.4) is 0 Å². The predicted molar refractivity (Wildman–Crippen MR) is 126 cm³/mol. The van der Waals surface area contributed by atoms with E-state index in [4.69, 9.17) is 28.9 Å². The fourth-order valence-corrected chi connectivity index (χ4v) is 3.33. The fourth-order valence-electron chi connectivity index (χ4n) is 3.33. The summed E-state index contributed by atoms with van der Waals surface area (Å²) < 4.78 is 27.0. The molecule has 0 aliphatic heterocycles. The number of para-hydroxylation sites is 1. The number of nitrogens with zero attached hydrogens (tertiary/aromatic N) is 3. The molecule has 0 N–H and O–H groups in total. The van der Waals surface area contributed by atoms with Gasteiger partial charge in [0.25, 0.3) is 0 Å². The molecule has 1 heterocycles. The summed E-state index contributed by atoms with van der Waals surface area (Å²) >= 11 is 0. The minimum atomic E-state index is -0.495. The zero-order chi connectivity index (χ0) is 24.3. The standard InChI is InChI=1S/C24H27N3O7/c1-16-6-7-20-22(29)19-5-3-4-18(24(19)34-23(20)17(16)2)14-21(28)33-15-32-13-12-31-11-10-30-9-8-26-27-25/h3-7H,8-15H2,1-2H3. The maximum Gasteiger partial charge on any atom is 0.312 e. The number of hydrogen-bond donors (Lipinski definition) is 0. The Hall–Kier alpha value is -3.43. The molecular formula is C24H27N3O7. The summed E-state index contributed by atoms with van der Waals surface area (Å²) in [6, 6.07) is 8.83. The Kier molecular flexibility index (Phi) is 9.42. The van der Waals surface area contributed by atoms with Crippen LogP contribution >= 0.6 is 0 Å². The zero-order valence-corrected chi connectivity index (χ0v) is 19.2. The fraction of sp³-hybridized carbons (Fsp3) is 0.417. The van der Waals surface area contributed by atoms with Crippen LogP contribution in [0.4, 0.5) is 0 Å². The number of hydrogen-bond acceptors (Lipinski definition) is 8. The number of carbonyl (C=O) groups is 1. The van der Waals surface area contributed by atoms with Crippen LogP contribution in [0.5, 0.6) is 0 Å². The predicted octanol–water partition coefficient (Wildman–Crippen LogP) is 3.97. The molecule has 0 unspecified atom stereocenters. The van der Waals surface area contributed by atoms with E-state index >= 15 is 0 Å². The van der Waals surface area contributed by atoms with Gasteiger partial charge in [-0.25, -0.2) is 0 Å². The maximum absolute atomic E-state index is 13.0. The third kappa shape index (κ3) is 6.55. The normalized spacial score (nSPS) is 11.0. The van der Waals surface area contributed by atoms with Gasteiger partial charge in [-0.3, -0.25) is 9.59 Å². The molecule has 0 aliphatic rings. The Morgan fingerprint density at radius 1 is 0.971 bits per heavy atom. The van der Waals surface area contributed by atoms with Crippen molar-refractivity contribution in [2.75, 3.05) is 46.4 Å². The average molecular weight is 469 g/mol. The number of rotatable bonds is 13. The molecule has 0 aliphatic carbocycles. The Morgan fingerprint density at radius 2 is 1.68 bits per heavy atom. The molecule has 0 saturated carbocycles. The van der Waals surface area contributed by atoms with E-state index in [-0.39, 0.29) is 31.8 Å². The molecule has 2 aromatic carbocycles. The Balaban J connectivity index is 1.47. The van der Waals surface area contributed by atoms with Crippen LogP contribution in [0.2, 0.25) is 0 Å². The van der Waals surface area contributed by atoms with Crippen LogP contribution < -0.4 is 5.43 Å². The third-order valence-corrected chi connectivity index (χ3v) is 5.25. The summed E-state index contributed by atoms with van der Waals surface area (Å²) in [5.74, 6) is -0.495. The highest BCUT2D eigenvalue weighted by atomic mass is 16.7. The number of aryl methyl sites for hydroxylation is 2. The van der Waals surface area contributed by atoms with Gasteiger partial charge in [0.05, 0.1) is 50.2 Å². The van der Waals surface area contributed by atoms with Gasteiger partial charge >= 0.3 is 5.97 Å². The molecule has 180 valence electrons. The highest BCUT2D eigenvalue weighted by Crippen LogP contribution is 2.26. The van der Waals surface area contributed by atoms with Crippen molar-refractivity contribution in [3.63, 3.8) is 0 Å². The molecule has 3 rings (SSSR count). The van der Waals surface area contributed by atoms with E-state index in [0.717, 1.165) is 11.1 Å². The first-order chi connectivity index (χ1) is 16.5. The molecular weight excluding hydrogens is 442 g/mol. The minimum Gasteiger partial charge on any atom is -0.455 e. The Morgan fingerprint density at radius 3 is 2.44 bits per heavy atom. The lowest BCUT2D eigenvalue weighted by Gasteiger charge is -2.10. The molecule has 0 fully saturated rings. The summed E-state index contributed by atoms with van der Waals surface area (Å²) in [7, 11) is 0. The first kappa shape index (κ1) is 25.2. The molecule has 10 nitrogen and oxygen atoms in total. The summed E-state index contributed by atoms with van der Waals surface area (Å²) in [4.78, 5) is 27.9. The van der Waals surface area contributed by atoms with Gasteiger partial charge in [-0.2, -0.15) is 0 Å². The SMILES string of the molecule is Cc1ccc2c(=O)c3cccc(CC(=O)OCOCCOCCOCCN=[N+]=[N-])c3oc2c1C. The van der Waals surface area contributed by atoms with Gasteiger partial charge < -0.3 is 23.4 Å². The maximum atomic E-state index is 13.0. The van der Waals surface area contributed by atoms with Crippen molar-refractivity contribution >= 4 is 27.9 Å². The summed E-state index contributed by atoms with van der Waals surface area (Å²) in [5.41, 5.74) is 11.4. The zero-order valence-electron chi connectivity index (χ0n) is 19.2. The lowest BCUT2D eigenvalue weighted by Crippen LogP contribution is -2.15. The molecule has 0 bridgehead atoms. The van der Waals surface area contributed by atoms with Crippen LogP contribution in [-0.4, -0.2) is 52.3 Å². The summed E-state index contributed by atoms with van der Waals surface area (Å²) in [5, 5.41) is 4.30. The number of azide groups is 1. The second-order valence-corrected chi connectivity index (χ2v) is 7.51. The topological polar surface area (TPSA) is 133 Å². The lowest BCUT2D eigenvalue weighted by molar-refractivity contribution is -0.156. The van der Waals surface area contributed by atoms with Crippen molar-refractivity contribution in [2.45, 2.75) is 20.3 Å². The summed E-state index contributed by atoms with van der Waals surface area (Å²) in [6.07, 6.45) is -0.0519. The van der Waals surface area contributed by atoms with Gasteiger partial charge in [0, 0.05) is 17.0 Å². The number of ether oxygens (including phenoxy) is 4. The van der Waals surface area contributed by atoms with Crippen molar-refractivity contribution in [3.8, 4) is 0 Å². The number of carbonyl (C=O) groups excluding carboxylic acids is 1. The van der Waals surface area contributed by atoms with Crippen LogP contribution in [-0.2, 0) is 30.2 Å². The first-order valence-corrected chi connectivity index (χ1v) is 10.9. The van der Waals surface area contributed by atoms with Gasteiger partial charge in [0.2, 0.25) is 5.43 Å². The van der Waals surface area contributed by atoms with Crippen LogP contribution in [0.25, 0.3) is 32.4 Å². The largest absolute Gasteiger partial charge is 0.455 e. The van der Waals surface area contributed by atoms with Gasteiger partial charge in [0.1, 0.15) is 11.2 Å². The van der Waals surface area contributed by atoms with E-state index in [1.807, 2.05) is 19.9 Å². The molecule has 0 amide bonds. The second kappa shape index (κ2) is 12.7. The monoisotopic (exact) mass is 469 g/mol. The van der Waals surface area contributed by atoms with E-state index in [1.165, 1.54) is 0 Å². The quantitative estimate of drug-likeness (QED) is 0.0703. The van der Waals surface area contributed by atoms with E-state index in [9.17, 15) is 9.59 Å². The van der Waals surface area contributed by atoms with Crippen molar-refractivity contribution < 1.29 is 28.2 Å². The van der Waals surface area contributed by atoms with Gasteiger partial charge in [-0.05, 0) is 42.6 Å². The third-order valence-electron chi connectivity index (χ3n) is 5.25. The van der Waals surface area contributed by atoms with Gasteiger partial charge in [-0.1, -0.05) is 23.3 Å². The molecule has 3 aromatic rings.